The molecule has 1 amide bonds. The van der Waals surface area contributed by atoms with Crippen molar-refractivity contribution in [1.82, 2.24) is 19.8 Å². The second-order valence-electron chi connectivity index (χ2n) is 9.24. The van der Waals surface area contributed by atoms with E-state index in [0.717, 1.165) is 32.8 Å². The minimum Gasteiger partial charge on any atom is -0.352 e. The maximum atomic E-state index is 14.1. The van der Waals surface area contributed by atoms with Crippen molar-refractivity contribution in [2.45, 2.75) is 32.4 Å². The quantitative estimate of drug-likeness (QED) is 0.244. The fourth-order valence-corrected chi connectivity index (χ4v) is 5.80. The standard InChI is InChI=1S/C29H27BrFN5OS/c1-18-16-22(19(2)36(18)21-9-7-8-20(30)17-21)28-27(25-12-5-6-14-32-25)34-29(38)35(28)15-13-26(37)33-24-11-4-3-10-23(24)31/h3-12,14,16-17,27-28H,13,15H2,1-2H3,(H,33,37)(H,34,38)/t27-,28+/m0/s1. The average molecular weight is 593 g/mol. The number of pyridine rings is 1. The van der Waals surface area contributed by atoms with Gasteiger partial charge in [-0.2, -0.15) is 0 Å². The fraction of sp³-hybridized carbons (Fsp3) is 0.207. The molecular weight excluding hydrogens is 565 g/mol. The molecule has 4 aromatic rings. The zero-order chi connectivity index (χ0) is 26.8. The van der Waals surface area contributed by atoms with Crippen LogP contribution in [0.15, 0.2) is 83.5 Å². The Hall–Kier alpha value is -3.56. The summed E-state index contributed by atoms with van der Waals surface area (Å²) >= 11 is 9.36. The van der Waals surface area contributed by atoms with Crippen LogP contribution in [0.3, 0.4) is 0 Å². The number of anilines is 1. The highest BCUT2D eigenvalue weighted by Gasteiger charge is 2.41. The zero-order valence-corrected chi connectivity index (χ0v) is 23.4. The number of nitrogens with one attached hydrogen (secondary N) is 2. The first-order valence-corrected chi connectivity index (χ1v) is 13.5. The van der Waals surface area contributed by atoms with E-state index in [9.17, 15) is 9.18 Å². The van der Waals surface area contributed by atoms with Crippen LogP contribution in [0.1, 0.15) is 41.1 Å². The summed E-state index contributed by atoms with van der Waals surface area (Å²) in [6.07, 6.45) is 1.92. The van der Waals surface area contributed by atoms with Gasteiger partial charge in [0.2, 0.25) is 5.91 Å². The Morgan fingerprint density at radius 2 is 1.89 bits per heavy atom. The van der Waals surface area contributed by atoms with Gasteiger partial charge in [0.15, 0.2) is 5.11 Å². The fourth-order valence-electron chi connectivity index (χ4n) is 5.08. The minimum absolute atomic E-state index is 0.145. The van der Waals surface area contributed by atoms with E-state index in [2.05, 4.69) is 68.2 Å². The Labute approximate surface area is 235 Å². The molecule has 6 nitrogen and oxygen atoms in total. The van der Waals surface area contributed by atoms with Crippen LogP contribution in [-0.2, 0) is 4.79 Å². The maximum Gasteiger partial charge on any atom is 0.226 e. The van der Waals surface area contributed by atoms with Gasteiger partial charge in [-0.15, -0.1) is 0 Å². The number of nitrogens with zero attached hydrogens (tertiary/aromatic N) is 3. The van der Waals surface area contributed by atoms with Gasteiger partial charge in [-0.25, -0.2) is 4.39 Å². The van der Waals surface area contributed by atoms with Crippen LogP contribution in [0.4, 0.5) is 10.1 Å². The van der Waals surface area contributed by atoms with Gasteiger partial charge >= 0.3 is 0 Å². The largest absolute Gasteiger partial charge is 0.352 e. The number of rotatable bonds is 7. The number of aryl methyl sites for hydroxylation is 1. The molecule has 0 aliphatic carbocycles. The van der Waals surface area contributed by atoms with Crippen LogP contribution in [-0.4, -0.2) is 32.0 Å². The molecule has 2 aromatic carbocycles. The predicted octanol–water partition coefficient (Wildman–Crippen LogP) is 6.39. The molecule has 9 heteroatoms. The third-order valence-corrected chi connectivity index (χ3v) is 7.63. The van der Waals surface area contributed by atoms with E-state index < -0.39 is 5.82 Å². The molecule has 1 saturated heterocycles. The van der Waals surface area contributed by atoms with Crippen LogP contribution in [0.25, 0.3) is 5.69 Å². The highest BCUT2D eigenvalue weighted by molar-refractivity contribution is 9.10. The Balaban J connectivity index is 1.48. The van der Waals surface area contributed by atoms with Gasteiger partial charge < -0.3 is 20.1 Å². The smallest absolute Gasteiger partial charge is 0.226 e. The van der Waals surface area contributed by atoms with E-state index in [1.807, 2.05) is 35.2 Å². The van der Waals surface area contributed by atoms with Crippen LogP contribution in [0.2, 0.25) is 0 Å². The van der Waals surface area contributed by atoms with Gasteiger partial charge in [0.1, 0.15) is 5.82 Å². The Kier molecular flexibility index (Phi) is 7.58. The molecule has 0 saturated carbocycles. The van der Waals surface area contributed by atoms with E-state index >= 15 is 0 Å². The summed E-state index contributed by atoms with van der Waals surface area (Å²) in [5.74, 6) is -0.746. The lowest BCUT2D eigenvalue weighted by atomic mass is 9.96. The summed E-state index contributed by atoms with van der Waals surface area (Å²) < 4.78 is 17.3. The van der Waals surface area contributed by atoms with Crippen LogP contribution >= 0.6 is 28.1 Å². The highest BCUT2D eigenvalue weighted by Crippen LogP contribution is 2.41. The minimum atomic E-state index is -0.465. The molecule has 1 fully saturated rings. The normalized spacial score (nSPS) is 16.9. The number of para-hydroxylation sites is 1. The number of aromatic nitrogens is 2. The van der Waals surface area contributed by atoms with Gasteiger partial charge in [0.25, 0.3) is 0 Å². The van der Waals surface area contributed by atoms with Crippen molar-refractivity contribution in [3.63, 3.8) is 0 Å². The molecule has 2 atom stereocenters. The number of hydrogen-bond donors (Lipinski definition) is 2. The number of amides is 1. The number of carbonyl (C=O) groups is 1. The monoisotopic (exact) mass is 591 g/mol. The molecule has 0 bridgehead atoms. The second-order valence-corrected chi connectivity index (χ2v) is 10.5. The molecule has 194 valence electrons. The van der Waals surface area contributed by atoms with E-state index in [1.165, 1.54) is 6.07 Å². The second kappa shape index (κ2) is 11.0. The van der Waals surface area contributed by atoms with E-state index in [4.69, 9.17) is 12.2 Å². The summed E-state index contributed by atoms with van der Waals surface area (Å²) in [6.45, 7) is 4.55. The third kappa shape index (κ3) is 5.21. The molecule has 1 aliphatic heterocycles. The number of hydrogen-bond acceptors (Lipinski definition) is 3. The molecule has 2 N–H and O–H groups in total. The zero-order valence-electron chi connectivity index (χ0n) is 21.0. The molecule has 1 aliphatic rings. The number of thiocarbonyl (C=S) groups is 1. The van der Waals surface area contributed by atoms with Crippen molar-refractivity contribution >= 4 is 44.9 Å². The van der Waals surface area contributed by atoms with Crippen LogP contribution < -0.4 is 10.6 Å². The van der Waals surface area contributed by atoms with E-state index in [-0.39, 0.29) is 30.1 Å². The lowest BCUT2D eigenvalue weighted by molar-refractivity contribution is -0.116. The molecule has 2 aromatic heterocycles. The summed E-state index contributed by atoms with van der Waals surface area (Å²) in [6, 6.07) is 21.9. The first kappa shape index (κ1) is 26.1. The number of benzene rings is 2. The van der Waals surface area contributed by atoms with Gasteiger partial charge in [0.05, 0.1) is 23.5 Å². The topological polar surface area (TPSA) is 62.2 Å². The highest BCUT2D eigenvalue weighted by atomic mass is 79.9. The van der Waals surface area contributed by atoms with Crippen molar-refractivity contribution in [3.8, 4) is 5.69 Å². The first-order valence-electron chi connectivity index (χ1n) is 12.3. The predicted molar refractivity (Wildman–Crippen MR) is 155 cm³/mol. The van der Waals surface area contributed by atoms with Crippen molar-refractivity contribution in [2.75, 3.05) is 11.9 Å². The summed E-state index contributed by atoms with van der Waals surface area (Å²) in [5, 5.41) is 6.67. The van der Waals surface area contributed by atoms with Crippen LogP contribution in [0, 0.1) is 19.7 Å². The molecule has 5 rings (SSSR count). The van der Waals surface area contributed by atoms with Crippen LogP contribution in [0.5, 0.6) is 0 Å². The summed E-state index contributed by atoms with van der Waals surface area (Å²) in [7, 11) is 0. The van der Waals surface area contributed by atoms with Crippen molar-refractivity contribution < 1.29 is 9.18 Å². The van der Waals surface area contributed by atoms with E-state index in [0.29, 0.717) is 11.7 Å². The molecular formula is C29H27BrFN5OS. The number of carbonyl (C=O) groups excluding carboxylic acids is 1. The van der Waals surface area contributed by atoms with E-state index in [1.54, 1.807) is 24.4 Å². The Morgan fingerprint density at radius 3 is 2.63 bits per heavy atom. The summed E-state index contributed by atoms with van der Waals surface area (Å²) in [5.41, 5.74) is 5.36. The van der Waals surface area contributed by atoms with Gasteiger partial charge in [-0.1, -0.05) is 40.2 Å². The number of halogens is 2. The molecule has 0 radical (unpaired) electrons. The van der Waals surface area contributed by atoms with Crippen molar-refractivity contribution in [2.24, 2.45) is 0 Å². The lowest BCUT2D eigenvalue weighted by Crippen LogP contribution is -2.33. The molecule has 38 heavy (non-hydrogen) atoms. The van der Waals surface area contributed by atoms with Crippen molar-refractivity contribution in [3.05, 3.63) is 112 Å². The third-order valence-electron chi connectivity index (χ3n) is 6.78. The van der Waals surface area contributed by atoms with Gasteiger partial charge in [-0.3, -0.25) is 9.78 Å². The molecule has 3 heterocycles. The Bertz CT molecular complexity index is 1490. The SMILES string of the molecule is Cc1cc([C@@H]2[C@H](c3ccccn3)NC(=S)N2CCC(=O)Nc2ccccc2F)c(C)n1-c1cccc(Br)c1. The summed E-state index contributed by atoms with van der Waals surface area (Å²) in [4.78, 5) is 19.4. The first-order chi connectivity index (χ1) is 18.3. The molecule has 0 unspecified atom stereocenters. The van der Waals surface area contributed by atoms with Gasteiger partial charge in [0, 0.05) is 40.7 Å². The lowest BCUT2D eigenvalue weighted by Gasteiger charge is -2.28. The average Bonchev–Trinajstić information content (AvgIpc) is 3.39. The Morgan fingerprint density at radius 1 is 1.11 bits per heavy atom. The van der Waals surface area contributed by atoms with Crippen molar-refractivity contribution in [1.29, 1.82) is 0 Å². The van der Waals surface area contributed by atoms with Gasteiger partial charge in [-0.05, 0) is 80.2 Å². The maximum absolute atomic E-state index is 14.1. The molecule has 0 spiro atoms.